The maximum atomic E-state index is 11.6. The number of hydrogen-bond donors (Lipinski definition) is 3. The number of nitrogens with one attached hydrogen (secondary N) is 1. The highest BCUT2D eigenvalue weighted by molar-refractivity contribution is 7.17. The highest BCUT2D eigenvalue weighted by Crippen LogP contribution is 2.42. The number of aliphatic carboxylic acids is 2. The van der Waals surface area contributed by atoms with Crippen LogP contribution in [0.1, 0.15) is 17.4 Å². The van der Waals surface area contributed by atoms with E-state index in [0.29, 0.717) is 34.1 Å². The van der Waals surface area contributed by atoms with Gasteiger partial charge in [0.05, 0.1) is 17.6 Å². The zero-order chi connectivity index (χ0) is 22.9. The Morgan fingerprint density at radius 1 is 1.09 bits per heavy atom. The van der Waals surface area contributed by atoms with Crippen molar-refractivity contribution < 1.29 is 29.3 Å². The molecule has 3 aromatic heterocycles. The first-order chi connectivity index (χ1) is 16.0. The highest BCUT2D eigenvalue weighted by atomic mass is 32.1. The standard InChI is InChI=1S/C22H16N4O6S/c27-21(28)17(22(29)30)19-25-18(24-8-12-3-1-2-6-23-12)16-13(9-33-20(16)26-19)11-4-5-14-15(7-11)32-10-31-14/h1-7,9,17H,8,10H2,(H,27,28)(H,29,30)(H,24,25,26). The summed E-state index contributed by atoms with van der Waals surface area (Å²) in [6.45, 7) is 0.450. The number of benzene rings is 1. The molecule has 4 heterocycles. The average Bonchev–Trinajstić information content (AvgIpc) is 3.44. The molecule has 4 aromatic rings. The molecule has 0 unspecified atom stereocenters. The maximum absolute atomic E-state index is 11.6. The molecule has 1 aliphatic rings. The number of aromatic nitrogens is 3. The third kappa shape index (κ3) is 3.89. The van der Waals surface area contributed by atoms with Gasteiger partial charge in [0.15, 0.2) is 17.3 Å². The Kier molecular flexibility index (Phi) is 5.23. The van der Waals surface area contributed by atoms with Crippen molar-refractivity contribution in [2.75, 3.05) is 12.1 Å². The van der Waals surface area contributed by atoms with E-state index in [4.69, 9.17) is 9.47 Å². The van der Waals surface area contributed by atoms with Crippen LogP contribution in [0.5, 0.6) is 11.5 Å². The molecule has 0 fully saturated rings. The molecule has 3 N–H and O–H groups in total. The van der Waals surface area contributed by atoms with E-state index in [1.165, 1.54) is 11.3 Å². The predicted molar refractivity (Wildman–Crippen MR) is 119 cm³/mol. The van der Waals surface area contributed by atoms with Gasteiger partial charge in [-0.05, 0) is 29.8 Å². The van der Waals surface area contributed by atoms with Crippen molar-refractivity contribution in [1.29, 1.82) is 0 Å². The fraction of sp³-hybridized carbons (Fsp3) is 0.136. The van der Waals surface area contributed by atoms with Crippen LogP contribution >= 0.6 is 11.3 Å². The van der Waals surface area contributed by atoms with E-state index in [1.54, 1.807) is 12.3 Å². The van der Waals surface area contributed by atoms with E-state index in [9.17, 15) is 19.8 Å². The fourth-order valence-corrected chi connectivity index (χ4v) is 4.45. The molecule has 0 spiro atoms. The highest BCUT2D eigenvalue weighted by Gasteiger charge is 2.32. The lowest BCUT2D eigenvalue weighted by molar-refractivity contribution is -0.150. The molecule has 0 saturated heterocycles. The molecule has 11 heteroatoms. The number of pyridine rings is 1. The number of carboxylic acids is 2. The smallest absolute Gasteiger partial charge is 0.325 e. The van der Waals surface area contributed by atoms with Crippen molar-refractivity contribution in [1.82, 2.24) is 15.0 Å². The van der Waals surface area contributed by atoms with Crippen LogP contribution in [0.3, 0.4) is 0 Å². The van der Waals surface area contributed by atoms with Crippen molar-refractivity contribution in [3.63, 3.8) is 0 Å². The second-order valence-electron chi connectivity index (χ2n) is 7.11. The lowest BCUT2D eigenvalue weighted by Crippen LogP contribution is -2.23. The van der Waals surface area contributed by atoms with Crippen LogP contribution in [0.15, 0.2) is 48.0 Å². The topological polar surface area (TPSA) is 144 Å². The number of thiophene rings is 1. The molecule has 10 nitrogen and oxygen atoms in total. The zero-order valence-corrected chi connectivity index (χ0v) is 17.7. The van der Waals surface area contributed by atoms with Crippen molar-refractivity contribution in [3.8, 4) is 22.6 Å². The Labute approximate surface area is 190 Å². The number of ether oxygens (including phenoxy) is 2. The van der Waals surface area contributed by atoms with Crippen molar-refractivity contribution >= 4 is 39.3 Å². The third-order valence-electron chi connectivity index (χ3n) is 5.05. The summed E-state index contributed by atoms with van der Waals surface area (Å²) in [5.74, 6) is -3.68. The van der Waals surface area contributed by atoms with Gasteiger partial charge in [0.2, 0.25) is 12.7 Å². The summed E-state index contributed by atoms with van der Waals surface area (Å²) >= 11 is 1.27. The summed E-state index contributed by atoms with van der Waals surface area (Å²) < 4.78 is 10.9. The summed E-state index contributed by atoms with van der Waals surface area (Å²) in [4.78, 5) is 36.5. The number of rotatable bonds is 7. The van der Waals surface area contributed by atoms with E-state index in [1.807, 2.05) is 35.7 Å². The second kappa shape index (κ2) is 8.36. The normalized spacial score (nSPS) is 12.3. The molecular weight excluding hydrogens is 448 g/mol. The molecule has 0 aliphatic carbocycles. The molecule has 0 radical (unpaired) electrons. The van der Waals surface area contributed by atoms with Crippen LogP contribution in [-0.2, 0) is 16.1 Å². The minimum Gasteiger partial charge on any atom is -0.480 e. The summed E-state index contributed by atoms with van der Waals surface area (Å²) in [5, 5.41) is 24.5. The lowest BCUT2D eigenvalue weighted by Gasteiger charge is -2.12. The molecule has 1 aliphatic heterocycles. The number of carbonyl (C=O) groups is 2. The number of hydrogen-bond acceptors (Lipinski definition) is 9. The molecular formula is C22H16N4O6S. The van der Waals surface area contributed by atoms with Gasteiger partial charge in [0.25, 0.3) is 0 Å². The van der Waals surface area contributed by atoms with Gasteiger partial charge < -0.3 is 25.0 Å². The summed E-state index contributed by atoms with van der Waals surface area (Å²) in [6.07, 6.45) is 1.66. The first-order valence-electron chi connectivity index (χ1n) is 9.80. The van der Waals surface area contributed by atoms with Gasteiger partial charge in [-0.15, -0.1) is 11.3 Å². The first kappa shape index (κ1) is 20.6. The number of anilines is 1. The van der Waals surface area contributed by atoms with Crippen LogP contribution in [0.4, 0.5) is 5.82 Å². The van der Waals surface area contributed by atoms with E-state index in [0.717, 1.165) is 16.8 Å². The Hall–Kier alpha value is -4.25. The summed E-state index contributed by atoms with van der Waals surface area (Å²) in [7, 11) is 0. The van der Waals surface area contributed by atoms with Crippen LogP contribution in [-0.4, -0.2) is 43.9 Å². The average molecular weight is 464 g/mol. The van der Waals surface area contributed by atoms with E-state index in [-0.39, 0.29) is 12.6 Å². The van der Waals surface area contributed by atoms with E-state index in [2.05, 4.69) is 20.3 Å². The number of carboxylic acid groups (broad SMARTS) is 2. The monoisotopic (exact) mass is 464 g/mol. The van der Waals surface area contributed by atoms with E-state index >= 15 is 0 Å². The second-order valence-corrected chi connectivity index (χ2v) is 7.97. The molecule has 0 amide bonds. The Balaban J connectivity index is 1.64. The number of fused-ring (bicyclic) bond motifs is 2. The van der Waals surface area contributed by atoms with Gasteiger partial charge in [-0.25, -0.2) is 9.97 Å². The molecule has 166 valence electrons. The largest absolute Gasteiger partial charge is 0.480 e. The molecule has 0 bridgehead atoms. The van der Waals surface area contributed by atoms with Gasteiger partial charge in [0, 0.05) is 17.1 Å². The van der Waals surface area contributed by atoms with Crippen molar-refractivity contribution in [3.05, 3.63) is 59.5 Å². The summed E-state index contributed by atoms with van der Waals surface area (Å²) in [5.41, 5.74) is 2.36. The van der Waals surface area contributed by atoms with Gasteiger partial charge in [-0.1, -0.05) is 12.1 Å². The third-order valence-corrected chi connectivity index (χ3v) is 5.92. The van der Waals surface area contributed by atoms with Gasteiger partial charge in [-0.2, -0.15) is 0 Å². The van der Waals surface area contributed by atoms with Crippen molar-refractivity contribution in [2.45, 2.75) is 12.5 Å². The Morgan fingerprint density at radius 2 is 1.91 bits per heavy atom. The molecule has 1 aromatic carbocycles. The van der Waals surface area contributed by atoms with Crippen LogP contribution < -0.4 is 14.8 Å². The van der Waals surface area contributed by atoms with Gasteiger partial charge >= 0.3 is 11.9 Å². The quantitative estimate of drug-likeness (QED) is 0.348. The minimum atomic E-state index is -1.89. The van der Waals surface area contributed by atoms with Crippen LogP contribution in [0.2, 0.25) is 0 Å². The van der Waals surface area contributed by atoms with Crippen LogP contribution in [0.25, 0.3) is 21.3 Å². The zero-order valence-electron chi connectivity index (χ0n) is 16.9. The number of nitrogens with zero attached hydrogens (tertiary/aromatic N) is 3. The Morgan fingerprint density at radius 3 is 2.67 bits per heavy atom. The lowest BCUT2D eigenvalue weighted by atomic mass is 10.0. The molecule has 0 saturated carbocycles. The van der Waals surface area contributed by atoms with Gasteiger partial charge in [-0.3, -0.25) is 14.6 Å². The Bertz CT molecular complexity index is 1360. The van der Waals surface area contributed by atoms with Crippen LogP contribution in [0, 0.1) is 0 Å². The SMILES string of the molecule is O=C(O)C(C(=O)O)c1nc(NCc2ccccn2)c2c(-c3ccc4c(c3)OCO4)csc2n1. The fourth-order valence-electron chi connectivity index (χ4n) is 3.50. The van der Waals surface area contributed by atoms with Gasteiger partial charge in [0.1, 0.15) is 10.6 Å². The maximum Gasteiger partial charge on any atom is 0.325 e. The minimum absolute atomic E-state index is 0.151. The van der Waals surface area contributed by atoms with Crippen molar-refractivity contribution in [2.24, 2.45) is 0 Å². The summed E-state index contributed by atoms with van der Waals surface area (Å²) in [6, 6.07) is 11.0. The first-order valence-corrected chi connectivity index (χ1v) is 10.7. The molecule has 0 atom stereocenters. The predicted octanol–water partition coefficient (Wildman–Crippen LogP) is 3.35. The molecule has 5 rings (SSSR count). The van der Waals surface area contributed by atoms with E-state index < -0.39 is 17.9 Å². The molecule has 33 heavy (non-hydrogen) atoms.